The molecule has 5 rings (SSSR count). The number of rotatable bonds is 5. The Morgan fingerprint density at radius 2 is 1.68 bits per heavy atom. The molecule has 34 heavy (non-hydrogen) atoms. The second kappa shape index (κ2) is 9.83. The van der Waals surface area contributed by atoms with Crippen molar-refractivity contribution in [2.75, 3.05) is 55.7 Å². The first-order valence-electron chi connectivity index (χ1n) is 12.1. The summed E-state index contributed by atoms with van der Waals surface area (Å²) in [7, 11) is 0. The van der Waals surface area contributed by atoms with Crippen LogP contribution < -0.4 is 14.5 Å². The third kappa shape index (κ3) is 4.62. The highest BCUT2D eigenvalue weighted by Gasteiger charge is 2.33. The molecule has 0 bridgehead atoms. The van der Waals surface area contributed by atoms with Crippen molar-refractivity contribution in [1.82, 2.24) is 14.9 Å². The highest BCUT2D eigenvalue weighted by molar-refractivity contribution is 5.81. The molecular formula is C26H30FN5O2. The van der Waals surface area contributed by atoms with Gasteiger partial charge in [0, 0.05) is 45.0 Å². The highest BCUT2D eigenvalue weighted by Crippen LogP contribution is 2.31. The predicted molar refractivity (Wildman–Crippen MR) is 131 cm³/mol. The van der Waals surface area contributed by atoms with Crippen molar-refractivity contribution < 1.29 is 13.9 Å². The van der Waals surface area contributed by atoms with Crippen LogP contribution in [0, 0.1) is 11.7 Å². The van der Waals surface area contributed by atoms with Gasteiger partial charge in [0.2, 0.25) is 5.91 Å². The zero-order valence-electron chi connectivity index (χ0n) is 19.5. The lowest BCUT2D eigenvalue weighted by molar-refractivity contribution is -0.136. The first-order chi connectivity index (χ1) is 16.6. The molecule has 3 heterocycles. The van der Waals surface area contributed by atoms with E-state index in [1.54, 1.807) is 12.1 Å². The third-order valence-corrected chi connectivity index (χ3v) is 6.66. The zero-order chi connectivity index (χ0) is 23.5. The number of fused-ring (bicyclic) bond motifs is 1. The zero-order valence-corrected chi connectivity index (χ0v) is 19.5. The van der Waals surface area contributed by atoms with Gasteiger partial charge in [-0.05, 0) is 56.2 Å². The Kier molecular flexibility index (Phi) is 6.47. The minimum Gasteiger partial charge on any atom is -0.475 e. The molecule has 178 valence electrons. The lowest BCUT2D eigenvalue weighted by Gasteiger charge is -2.40. The van der Waals surface area contributed by atoms with Crippen LogP contribution in [0.15, 0.2) is 48.5 Å². The second-order valence-corrected chi connectivity index (χ2v) is 8.85. The van der Waals surface area contributed by atoms with Gasteiger partial charge in [0.1, 0.15) is 5.82 Å². The number of ether oxygens (including phenoxy) is 1. The van der Waals surface area contributed by atoms with Crippen LogP contribution in [0.2, 0.25) is 0 Å². The number of nitrogens with zero attached hydrogens (tertiary/aromatic N) is 5. The molecule has 2 aromatic carbocycles. The van der Waals surface area contributed by atoms with E-state index in [0.717, 1.165) is 55.0 Å². The van der Waals surface area contributed by atoms with Crippen LogP contribution in [-0.4, -0.2) is 66.7 Å². The Balaban J connectivity index is 1.27. The van der Waals surface area contributed by atoms with Crippen LogP contribution in [0.3, 0.4) is 0 Å². The fraction of sp³-hybridized carbons (Fsp3) is 0.423. The molecule has 1 atom stereocenters. The molecule has 2 fully saturated rings. The Labute approximate surface area is 199 Å². The third-order valence-electron chi connectivity index (χ3n) is 6.66. The Hall–Kier alpha value is -3.42. The summed E-state index contributed by atoms with van der Waals surface area (Å²) in [5.74, 6) is 1.15. The van der Waals surface area contributed by atoms with Crippen LogP contribution in [0.4, 0.5) is 15.9 Å². The number of aromatic nitrogens is 2. The number of para-hydroxylation sites is 2. The molecule has 0 aliphatic carbocycles. The topological polar surface area (TPSA) is 61.8 Å². The van der Waals surface area contributed by atoms with Gasteiger partial charge in [0.05, 0.1) is 23.6 Å². The molecule has 2 saturated heterocycles. The monoisotopic (exact) mass is 463 g/mol. The minimum atomic E-state index is -0.233. The van der Waals surface area contributed by atoms with E-state index in [2.05, 4.69) is 9.80 Å². The molecule has 3 aromatic rings. The van der Waals surface area contributed by atoms with Crippen molar-refractivity contribution >= 4 is 28.4 Å². The van der Waals surface area contributed by atoms with Gasteiger partial charge in [-0.15, -0.1) is 0 Å². The van der Waals surface area contributed by atoms with Gasteiger partial charge < -0.3 is 19.4 Å². The van der Waals surface area contributed by atoms with Crippen LogP contribution in [0.1, 0.15) is 19.8 Å². The standard InChI is InChI=1S/C26H30FN5O2/c1-2-34-25-24(28-22-7-3-4-8-23(22)29-25)32-13-5-6-19(18-32)26(33)31-16-14-30(15-17-31)21-11-9-20(27)10-12-21/h3-4,7-12,19H,2,5-6,13-18H2,1H3/t19-/m0/s1. The number of amides is 1. The number of hydrogen-bond acceptors (Lipinski definition) is 6. The van der Waals surface area contributed by atoms with Gasteiger partial charge in [0.25, 0.3) is 5.88 Å². The van der Waals surface area contributed by atoms with Gasteiger partial charge in [-0.2, -0.15) is 0 Å². The maximum atomic E-state index is 13.4. The lowest BCUT2D eigenvalue weighted by Crippen LogP contribution is -2.52. The molecule has 0 N–H and O–H groups in total. The summed E-state index contributed by atoms with van der Waals surface area (Å²) in [5.41, 5.74) is 2.63. The van der Waals surface area contributed by atoms with Gasteiger partial charge in [0.15, 0.2) is 5.82 Å². The maximum Gasteiger partial charge on any atom is 0.258 e. The van der Waals surface area contributed by atoms with Crippen LogP contribution in [-0.2, 0) is 4.79 Å². The summed E-state index contributed by atoms with van der Waals surface area (Å²) in [6, 6.07) is 14.3. The first-order valence-corrected chi connectivity index (χ1v) is 12.1. The number of piperazine rings is 1. The quantitative estimate of drug-likeness (QED) is 0.575. The van der Waals surface area contributed by atoms with Crippen LogP contribution in [0.5, 0.6) is 5.88 Å². The molecule has 0 radical (unpaired) electrons. The fourth-order valence-electron chi connectivity index (χ4n) is 4.88. The Bertz CT molecular complexity index is 1150. The summed E-state index contributed by atoms with van der Waals surface area (Å²) in [6.45, 7) is 6.74. The number of halogens is 1. The van der Waals surface area contributed by atoms with Crippen molar-refractivity contribution in [3.63, 3.8) is 0 Å². The van der Waals surface area contributed by atoms with E-state index < -0.39 is 0 Å². The molecule has 8 heteroatoms. The van der Waals surface area contributed by atoms with Crippen LogP contribution in [0.25, 0.3) is 11.0 Å². The minimum absolute atomic E-state index is 0.0751. The van der Waals surface area contributed by atoms with E-state index in [4.69, 9.17) is 14.7 Å². The molecule has 0 spiro atoms. The maximum absolute atomic E-state index is 13.4. The predicted octanol–water partition coefficient (Wildman–Crippen LogP) is 3.73. The molecule has 0 unspecified atom stereocenters. The van der Waals surface area contributed by atoms with Crippen molar-refractivity contribution in [2.24, 2.45) is 5.92 Å². The summed E-state index contributed by atoms with van der Waals surface area (Å²) in [6.07, 6.45) is 1.80. The smallest absolute Gasteiger partial charge is 0.258 e. The summed E-state index contributed by atoms with van der Waals surface area (Å²) in [4.78, 5) is 29.3. The number of piperidine rings is 1. The van der Waals surface area contributed by atoms with Crippen molar-refractivity contribution in [3.05, 3.63) is 54.3 Å². The molecular weight excluding hydrogens is 433 g/mol. The highest BCUT2D eigenvalue weighted by atomic mass is 19.1. The van der Waals surface area contributed by atoms with Gasteiger partial charge in [-0.3, -0.25) is 4.79 Å². The average molecular weight is 464 g/mol. The average Bonchev–Trinajstić information content (AvgIpc) is 2.89. The number of hydrogen-bond donors (Lipinski definition) is 0. The van der Waals surface area contributed by atoms with E-state index in [-0.39, 0.29) is 17.6 Å². The Morgan fingerprint density at radius 3 is 2.38 bits per heavy atom. The fourth-order valence-corrected chi connectivity index (χ4v) is 4.88. The summed E-state index contributed by atoms with van der Waals surface area (Å²) < 4.78 is 19.1. The molecule has 1 amide bonds. The van der Waals surface area contributed by atoms with E-state index in [1.807, 2.05) is 36.1 Å². The SMILES string of the molecule is CCOc1nc2ccccc2nc1N1CCC[C@H](C(=O)N2CCN(c3ccc(F)cc3)CC2)C1. The first kappa shape index (κ1) is 22.4. The largest absolute Gasteiger partial charge is 0.475 e. The van der Waals surface area contributed by atoms with Crippen LogP contribution >= 0.6 is 0 Å². The number of anilines is 2. The van der Waals surface area contributed by atoms with Gasteiger partial charge in [-0.25, -0.2) is 14.4 Å². The molecule has 2 aliphatic heterocycles. The summed E-state index contributed by atoms with van der Waals surface area (Å²) in [5, 5.41) is 0. The van der Waals surface area contributed by atoms with Gasteiger partial charge in [-0.1, -0.05) is 12.1 Å². The molecule has 1 aromatic heterocycles. The molecule has 7 nitrogen and oxygen atoms in total. The van der Waals surface area contributed by atoms with Gasteiger partial charge >= 0.3 is 0 Å². The van der Waals surface area contributed by atoms with E-state index in [1.165, 1.54) is 12.1 Å². The molecule has 2 aliphatic rings. The number of carbonyl (C=O) groups is 1. The van der Waals surface area contributed by atoms with Crippen molar-refractivity contribution in [1.29, 1.82) is 0 Å². The number of benzene rings is 2. The van der Waals surface area contributed by atoms with Crippen molar-refractivity contribution in [2.45, 2.75) is 19.8 Å². The second-order valence-electron chi connectivity index (χ2n) is 8.85. The Morgan fingerprint density at radius 1 is 0.971 bits per heavy atom. The van der Waals surface area contributed by atoms with E-state index in [9.17, 15) is 9.18 Å². The number of carbonyl (C=O) groups excluding carboxylic acids is 1. The normalized spacial score (nSPS) is 18.9. The summed E-state index contributed by atoms with van der Waals surface area (Å²) >= 11 is 0. The van der Waals surface area contributed by atoms with E-state index in [0.29, 0.717) is 32.1 Å². The van der Waals surface area contributed by atoms with Crippen molar-refractivity contribution in [3.8, 4) is 5.88 Å². The molecule has 0 saturated carbocycles. The lowest BCUT2D eigenvalue weighted by atomic mass is 9.96. The van der Waals surface area contributed by atoms with E-state index >= 15 is 0 Å².